The van der Waals surface area contributed by atoms with E-state index in [1.165, 1.54) is 0 Å². The van der Waals surface area contributed by atoms with Crippen LogP contribution in [-0.4, -0.2) is 33.2 Å². The molecular formula is C19H24N2O3S. The van der Waals surface area contributed by atoms with Gasteiger partial charge in [-0.1, -0.05) is 60.7 Å². The second-order valence-electron chi connectivity index (χ2n) is 5.81. The molecule has 25 heavy (non-hydrogen) atoms. The summed E-state index contributed by atoms with van der Waals surface area (Å²) >= 11 is 0. The lowest BCUT2D eigenvalue weighted by atomic mass is 10.1. The molecule has 1 amide bonds. The molecule has 2 rings (SSSR count). The van der Waals surface area contributed by atoms with Crippen LogP contribution in [0.5, 0.6) is 0 Å². The molecule has 0 atom stereocenters. The van der Waals surface area contributed by atoms with E-state index in [-0.39, 0.29) is 18.2 Å². The van der Waals surface area contributed by atoms with E-state index in [1.807, 2.05) is 60.7 Å². The van der Waals surface area contributed by atoms with E-state index < -0.39 is 10.0 Å². The Hall–Kier alpha value is -2.18. The molecule has 0 saturated carbocycles. The molecule has 0 aliphatic rings. The minimum absolute atomic E-state index is 0.0131. The maximum absolute atomic E-state index is 11.9. The molecule has 0 aromatic heterocycles. The summed E-state index contributed by atoms with van der Waals surface area (Å²) < 4.78 is 26.2. The minimum atomic E-state index is -3.43. The second kappa shape index (κ2) is 9.96. The molecule has 134 valence electrons. The number of nitrogens with one attached hydrogen (secondary N) is 2. The number of carbonyl (C=O) groups is 1. The Morgan fingerprint density at radius 2 is 1.40 bits per heavy atom. The van der Waals surface area contributed by atoms with Gasteiger partial charge >= 0.3 is 0 Å². The molecule has 0 fully saturated rings. The lowest BCUT2D eigenvalue weighted by molar-refractivity contribution is -0.119. The Labute approximate surface area is 149 Å². The molecule has 0 aliphatic carbocycles. The van der Waals surface area contributed by atoms with E-state index in [4.69, 9.17) is 0 Å². The van der Waals surface area contributed by atoms with Crippen molar-refractivity contribution in [3.8, 4) is 0 Å². The van der Waals surface area contributed by atoms with Gasteiger partial charge in [-0.05, 0) is 30.4 Å². The van der Waals surface area contributed by atoms with Gasteiger partial charge in [0, 0.05) is 6.54 Å². The van der Waals surface area contributed by atoms with Gasteiger partial charge in [0.2, 0.25) is 15.9 Å². The van der Waals surface area contributed by atoms with Crippen LogP contribution in [0, 0.1) is 0 Å². The maximum atomic E-state index is 11.9. The smallest absolute Gasteiger partial charge is 0.235 e. The molecule has 0 saturated heterocycles. The zero-order valence-corrected chi connectivity index (χ0v) is 15.0. The number of hydrogen-bond donors (Lipinski definition) is 2. The molecular weight excluding hydrogens is 336 g/mol. The van der Waals surface area contributed by atoms with Crippen LogP contribution >= 0.6 is 0 Å². The molecule has 2 aromatic rings. The van der Waals surface area contributed by atoms with Crippen molar-refractivity contribution in [2.75, 3.05) is 18.8 Å². The molecule has 2 N–H and O–H groups in total. The van der Waals surface area contributed by atoms with E-state index in [0.29, 0.717) is 19.4 Å². The highest BCUT2D eigenvalue weighted by Crippen LogP contribution is 2.03. The lowest BCUT2D eigenvalue weighted by Gasteiger charge is -2.08. The molecule has 0 heterocycles. The molecule has 0 unspecified atom stereocenters. The number of carbonyl (C=O) groups excluding carboxylic acids is 1. The summed E-state index contributed by atoms with van der Waals surface area (Å²) in [5.74, 6) is -0.304. The maximum Gasteiger partial charge on any atom is 0.235 e. The topological polar surface area (TPSA) is 75.3 Å². The van der Waals surface area contributed by atoms with E-state index in [2.05, 4.69) is 10.0 Å². The third-order valence-electron chi connectivity index (χ3n) is 3.75. The van der Waals surface area contributed by atoms with Crippen LogP contribution in [0.2, 0.25) is 0 Å². The first kappa shape index (κ1) is 19.1. The van der Waals surface area contributed by atoms with Crippen LogP contribution < -0.4 is 10.0 Å². The number of sulfonamides is 1. The Balaban J connectivity index is 1.62. The Bertz CT molecular complexity index is 747. The Morgan fingerprint density at radius 3 is 2.00 bits per heavy atom. The summed E-state index contributed by atoms with van der Waals surface area (Å²) in [5, 5.41) is 2.72. The highest BCUT2D eigenvalue weighted by molar-refractivity contribution is 7.89. The first-order valence-corrected chi connectivity index (χ1v) is 10.0. The summed E-state index contributed by atoms with van der Waals surface area (Å²) in [5.41, 5.74) is 2.24. The van der Waals surface area contributed by atoms with E-state index >= 15 is 0 Å². The van der Waals surface area contributed by atoms with Gasteiger partial charge in [-0.3, -0.25) is 4.79 Å². The molecule has 2 aromatic carbocycles. The average molecular weight is 360 g/mol. The van der Waals surface area contributed by atoms with Crippen LogP contribution in [0.15, 0.2) is 60.7 Å². The zero-order valence-electron chi connectivity index (χ0n) is 14.1. The van der Waals surface area contributed by atoms with Crippen molar-refractivity contribution in [2.45, 2.75) is 19.3 Å². The van der Waals surface area contributed by atoms with Crippen molar-refractivity contribution in [3.63, 3.8) is 0 Å². The lowest BCUT2D eigenvalue weighted by Crippen LogP contribution is -2.38. The average Bonchev–Trinajstić information content (AvgIpc) is 2.62. The van der Waals surface area contributed by atoms with Crippen molar-refractivity contribution < 1.29 is 13.2 Å². The summed E-state index contributed by atoms with van der Waals surface area (Å²) in [7, 11) is -3.43. The fourth-order valence-corrected chi connectivity index (χ4v) is 3.43. The van der Waals surface area contributed by atoms with Crippen LogP contribution in [0.25, 0.3) is 0 Å². The van der Waals surface area contributed by atoms with Crippen molar-refractivity contribution in [3.05, 3.63) is 71.8 Å². The van der Waals surface area contributed by atoms with Gasteiger partial charge in [-0.25, -0.2) is 13.1 Å². The van der Waals surface area contributed by atoms with Gasteiger partial charge in [0.25, 0.3) is 0 Å². The van der Waals surface area contributed by atoms with Gasteiger partial charge < -0.3 is 5.32 Å². The van der Waals surface area contributed by atoms with Gasteiger partial charge in [0.15, 0.2) is 0 Å². The SMILES string of the molecule is O=C(CNS(=O)(=O)CCCc1ccccc1)NCCc1ccccc1. The van der Waals surface area contributed by atoms with Gasteiger partial charge in [0.05, 0.1) is 12.3 Å². The third-order valence-corrected chi connectivity index (χ3v) is 5.16. The highest BCUT2D eigenvalue weighted by Gasteiger charge is 2.12. The van der Waals surface area contributed by atoms with Crippen molar-refractivity contribution in [1.29, 1.82) is 0 Å². The molecule has 5 nitrogen and oxygen atoms in total. The molecule has 0 spiro atoms. The predicted molar refractivity (Wildman–Crippen MR) is 99.7 cm³/mol. The van der Waals surface area contributed by atoms with Gasteiger partial charge in [-0.2, -0.15) is 0 Å². The quantitative estimate of drug-likeness (QED) is 0.679. The minimum Gasteiger partial charge on any atom is -0.355 e. The largest absolute Gasteiger partial charge is 0.355 e. The fourth-order valence-electron chi connectivity index (χ4n) is 2.41. The van der Waals surface area contributed by atoms with Crippen molar-refractivity contribution >= 4 is 15.9 Å². The summed E-state index contributed by atoms with van der Waals surface area (Å²) in [6, 6.07) is 19.5. The molecule has 6 heteroatoms. The fraction of sp³-hybridized carbons (Fsp3) is 0.316. The summed E-state index contributed by atoms with van der Waals surface area (Å²) in [6.07, 6.45) is 1.94. The van der Waals surface area contributed by atoms with E-state index in [1.54, 1.807) is 0 Å². The van der Waals surface area contributed by atoms with E-state index in [9.17, 15) is 13.2 Å². The molecule has 0 radical (unpaired) electrons. The van der Waals surface area contributed by atoms with Crippen molar-refractivity contribution in [2.24, 2.45) is 0 Å². The van der Waals surface area contributed by atoms with Crippen LogP contribution in [0.4, 0.5) is 0 Å². The predicted octanol–water partition coefficient (Wildman–Crippen LogP) is 1.90. The number of aryl methyl sites for hydroxylation is 1. The summed E-state index contributed by atoms with van der Waals surface area (Å²) in [4.78, 5) is 11.7. The third kappa shape index (κ3) is 7.96. The number of rotatable bonds is 10. The first-order chi connectivity index (χ1) is 12.1. The number of hydrogen-bond acceptors (Lipinski definition) is 3. The van der Waals surface area contributed by atoms with Crippen LogP contribution in [-0.2, 0) is 27.7 Å². The Morgan fingerprint density at radius 1 is 0.840 bits per heavy atom. The number of benzene rings is 2. The summed E-state index contributed by atoms with van der Waals surface area (Å²) in [6.45, 7) is 0.265. The zero-order chi connectivity index (χ0) is 18.0. The standard InChI is InChI=1S/C19H24N2O3S/c22-19(20-14-13-18-10-5-2-6-11-18)16-21-25(23,24)15-7-12-17-8-3-1-4-9-17/h1-6,8-11,21H,7,12-16H2,(H,20,22). The van der Waals surface area contributed by atoms with Gasteiger partial charge in [0.1, 0.15) is 0 Å². The van der Waals surface area contributed by atoms with Gasteiger partial charge in [-0.15, -0.1) is 0 Å². The normalized spacial score (nSPS) is 11.2. The van der Waals surface area contributed by atoms with E-state index in [0.717, 1.165) is 17.5 Å². The molecule has 0 aliphatic heterocycles. The van der Waals surface area contributed by atoms with Crippen molar-refractivity contribution in [1.82, 2.24) is 10.0 Å². The van der Waals surface area contributed by atoms with Crippen LogP contribution in [0.1, 0.15) is 17.5 Å². The second-order valence-corrected chi connectivity index (χ2v) is 7.74. The molecule has 0 bridgehead atoms. The first-order valence-electron chi connectivity index (χ1n) is 8.37. The number of amides is 1. The monoisotopic (exact) mass is 360 g/mol. The Kier molecular flexibility index (Phi) is 7.63. The van der Waals surface area contributed by atoms with Crippen LogP contribution in [0.3, 0.4) is 0 Å². The highest BCUT2D eigenvalue weighted by atomic mass is 32.2.